The minimum Gasteiger partial charge on any atom is -0.441 e. The van der Waals surface area contributed by atoms with Crippen molar-refractivity contribution in [2.75, 3.05) is 0 Å². The van der Waals surface area contributed by atoms with Crippen molar-refractivity contribution in [1.82, 2.24) is 4.98 Å². The Morgan fingerprint density at radius 3 is 2.14 bits per heavy atom. The number of oxazole rings is 1. The first-order valence-electron chi connectivity index (χ1n) is 4.66. The van der Waals surface area contributed by atoms with E-state index >= 15 is 0 Å². The molecule has 0 fully saturated rings. The van der Waals surface area contributed by atoms with E-state index in [1.807, 2.05) is 6.92 Å². The van der Waals surface area contributed by atoms with E-state index in [1.165, 1.54) is 11.1 Å². The highest BCUT2D eigenvalue weighted by Gasteiger charge is 2.04. The van der Waals surface area contributed by atoms with Crippen LogP contribution in [0.5, 0.6) is 0 Å². The van der Waals surface area contributed by atoms with Gasteiger partial charge in [0.15, 0.2) is 11.7 Å². The number of aryl methyl sites for hydroxylation is 3. The van der Waals surface area contributed by atoms with E-state index < -0.39 is 0 Å². The summed E-state index contributed by atoms with van der Waals surface area (Å²) in [6.07, 6.45) is 1.77. The maximum absolute atomic E-state index is 5.47. The molecule has 0 saturated heterocycles. The quantitative estimate of drug-likeness (QED) is 0.684. The second kappa shape index (κ2) is 3.29. The molecule has 1 heterocycles. The smallest absolute Gasteiger partial charge is 0.191 e. The second-order valence-electron chi connectivity index (χ2n) is 3.62. The lowest BCUT2D eigenvalue weighted by atomic mass is 10.1. The Hall–Kier alpha value is -1.57. The Morgan fingerprint density at radius 2 is 1.64 bits per heavy atom. The molecule has 2 heteroatoms. The van der Waals surface area contributed by atoms with Gasteiger partial charge in [0.2, 0.25) is 0 Å². The zero-order valence-corrected chi connectivity index (χ0v) is 8.66. The van der Waals surface area contributed by atoms with E-state index in [1.54, 1.807) is 6.20 Å². The normalized spacial score (nSPS) is 10.5. The molecule has 0 spiro atoms. The van der Waals surface area contributed by atoms with Crippen LogP contribution in [-0.4, -0.2) is 4.98 Å². The van der Waals surface area contributed by atoms with E-state index in [2.05, 4.69) is 37.0 Å². The van der Waals surface area contributed by atoms with Gasteiger partial charge in [-0.15, -0.1) is 0 Å². The van der Waals surface area contributed by atoms with Gasteiger partial charge in [0.1, 0.15) is 0 Å². The Kier molecular flexibility index (Phi) is 2.12. The van der Waals surface area contributed by atoms with Crippen molar-refractivity contribution >= 4 is 0 Å². The lowest BCUT2D eigenvalue weighted by Gasteiger charge is -2.00. The Bertz CT molecular complexity index is 437. The first kappa shape index (κ1) is 9.00. The highest BCUT2D eigenvalue weighted by Crippen LogP contribution is 2.22. The molecular weight excluding hydrogens is 174 g/mol. The van der Waals surface area contributed by atoms with Crippen LogP contribution >= 0.6 is 0 Å². The molecule has 0 aliphatic rings. The molecule has 0 amide bonds. The third-order valence-electron chi connectivity index (χ3n) is 2.13. The van der Waals surface area contributed by atoms with Crippen LogP contribution in [0.1, 0.15) is 17.0 Å². The molecule has 0 saturated carbocycles. The topological polar surface area (TPSA) is 26.0 Å². The number of hydrogen-bond donors (Lipinski definition) is 0. The van der Waals surface area contributed by atoms with Gasteiger partial charge < -0.3 is 4.42 Å². The first-order chi connectivity index (χ1) is 6.65. The Labute approximate surface area is 83.6 Å². The van der Waals surface area contributed by atoms with E-state index in [4.69, 9.17) is 4.42 Å². The summed E-state index contributed by atoms with van der Waals surface area (Å²) in [5.74, 6) is 1.55. The third kappa shape index (κ3) is 1.69. The summed E-state index contributed by atoms with van der Waals surface area (Å²) in [5.41, 5.74) is 3.59. The minimum absolute atomic E-state index is 0.708. The van der Waals surface area contributed by atoms with Gasteiger partial charge in [-0.05, 0) is 26.0 Å². The molecule has 1 aromatic heterocycles. The maximum Gasteiger partial charge on any atom is 0.191 e. The van der Waals surface area contributed by atoms with Crippen molar-refractivity contribution < 1.29 is 4.42 Å². The Morgan fingerprint density at radius 1 is 1.00 bits per heavy atom. The highest BCUT2D eigenvalue weighted by molar-refractivity contribution is 5.58. The zero-order chi connectivity index (χ0) is 10.1. The number of rotatable bonds is 1. The van der Waals surface area contributed by atoms with Gasteiger partial charge in [0.05, 0.1) is 6.20 Å². The number of aromatic nitrogens is 1. The van der Waals surface area contributed by atoms with Crippen LogP contribution in [0, 0.1) is 20.8 Å². The van der Waals surface area contributed by atoms with Crippen molar-refractivity contribution in [2.45, 2.75) is 20.8 Å². The molecule has 0 atom stereocenters. The van der Waals surface area contributed by atoms with E-state index in [9.17, 15) is 0 Å². The summed E-state index contributed by atoms with van der Waals surface area (Å²) in [6, 6.07) is 6.35. The van der Waals surface area contributed by atoms with Crippen molar-refractivity contribution in [1.29, 1.82) is 0 Å². The van der Waals surface area contributed by atoms with E-state index in [0.29, 0.717) is 5.89 Å². The van der Waals surface area contributed by atoms with Crippen LogP contribution in [0.15, 0.2) is 28.8 Å². The highest BCUT2D eigenvalue weighted by atomic mass is 16.4. The van der Waals surface area contributed by atoms with Crippen molar-refractivity contribution in [3.63, 3.8) is 0 Å². The lowest BCUT2D eigenvalue weighted by Crippen LogP contribution is -1.80. The van der Waals surface area contributed by atoms with Gasteiger partial charge in [-0.3, -0.25) is 0 Å². The average molecular weight is 187 g/mol. The number of hydrogen-bond acceptors (Lipinski definition) is 2. The van der Waals surface area contributed by atoms with Gasteiger partial charge in [-0.25, -0.2) is 4.98 Å². The second-order valence-corrected chi connectivity index (χ2v) is 3.62. The first-order valence-corrected chi connectivity index (χ1v) is 4.66. The number of benzene rings is 1. The summed E-state index contributed by atoms with van der Waals surface area (Å²) in [6.45, 7) is 6.02. The average Bonchev–Trinajstić information content (AvgIpc) is 2.50. The van der Waals surface area contributed by atoms with Crippen molar-refractivity contribution in [2.24, 2.45) is 0 Å². The zero-order valence-electron chi connectivity index (χ0n) is 8.66. The molecule has 0 aliphatic carbocycles. The standard InChI is InChI=1S/C12H13NO/c1-8-4-9(2)6-11(5-8)12-7-13-10(3)14-12/h4-7H,1-3H3. The minimum atomic E-state index is 0.708. The Balaban J connectivity index is 2.51. The SMILES string of the molecule is Cc1cc(C)cc(-c2cnc(C)o2)c1. The summed E-state index contributed by atoms with van der Waals surface area (Å²) >= 11 is 0. The van der Waals surface area contributed by atoms with Crippen LogP contribution in [0.25, 0.3) is 11.3 Å². The summed E-state index contributed by atoms with van der Waals surface area (Å²) in [4.78, 5) is 4.09. The fourth-order valence-corrected chi connectivity index (χ4v) is 1.61. The summed E-state index contributed by atoms with van der Waals surface area (Å²) < 4.78 is 5.47. The predicted octanol–water partition coefficient (Wildman–Crippen LogP) is 3.27. The van der Waals surface area contributed by atoms with Crippen molar-refractivity contribution in [3.8, 4) is 11.3 Å². The molecule has 2 aromatic rings. The van der Waals surface area contributed by atoms with Gasteiger partial charge in [-0.1, -0.05) is 17.2 Å². The summed E-state index contributed by atoms with van der Waals surface area (Å²) in [5, 5.41) is 0. The molecule has 14 heavy (non-hydrogen) atoms. The molecular formula is C12H13NO. The van der Waals surface area contributed by atoms with Crippen LogP contribution in [0.3, 0.4) is 0 Å². The van der Waals surface area contributed by atoms with Crippen LogP contribution in [-0.2, 0) is 0 Å². The monoisotopic (exact) mass is 187 g/mol. The maximum atomic E-state index is 5.47. The van der Waals surface area contributed by atoms with Gasteiger partial charge in [0, 0.05) is 12.5 Å². The molecule has 72 valence electrons. The molecule has 0 aliphatic heterocycles. The summed E-state index contributed by atoms with van der Waals surface area (Å²) in [7, 11) is 0. The van der Waals surface area contributed by atoms with Crippen LogP contribution in [0.4, 0.5) is 0 Å². The molecule has 0 unspecified atom stereocenters. The van der Waals surface area contributed by atoms with Crippen LogP contribution in [0.2, 0.25) is 0 Å². The van der Waals surface area contributed by atoms with Gasteiger partial charge in [0.25, 0.3) is 0 Å². The predicted molar refractivity (Wildman–Crippen MR) is 56.2 cm³/mol. The van der Waals surface area contributed by atoms with Crippen molar-refractivity contribution in [3.05, 3.63) is 41.4 Å². The van der Waals surface area contributed by atoms with Gasteiger partial charge in [-0.2, -0.15) is 0 Å². The molecule has 2 nitrogen and oxygen atoms in total. The molecule has 0 N–H and O–H groups in total. The van der Waals surface area contributed by atoms with E-state index in [-0.39, 0.29) is 0 Å². The lowest BCUT2D eigenvalue weighted by molar-refractivity contribution is 0.534. The van der Waals surface area contributed by atoms with Gasteiger partial charge >= 0.3 is 0 Å². The fraction of sp³-hybridized carbons (Fsp3) is 0.250. The van der Waals surface area contributed by atoms with E-state index in [0.717, 1.165) is 11.3 Å². The molecule has 0 radical (unpaired) electrons. The molecule has 0 bridgehead atoms. The van der Waals surface area contributed by atoms with Crippen LogP contribution < -0.4 is 0 Å². The fourth-order valence-electron chi connectivity index (χ4n) is 1.61. The molecule has 1 aromatic carbocycles. The molecule has 2 rings (SSSR count). The largest absolute Gasteiger partial charge is 0.441 e. The third-order valence-corrected chi connectivity index (χ3v) is 2.13. The number of nitrogens with zero attached hydrogens (tertiary/aromatic N) is 1.